The number of anilines is 1. The first-order chi connectivity index (χ1) is 19.5. The Morgan fingerprint density at radius 3 is 2.61 bits per heavy atom. The van der Waals surface area contributed by atoms with E-state index in [1.807, 2.05) is 11.0 Å². The molecule has 2 heterocycles. The minimum Gasteiger partial charge on any atom is -0.480 e. The van der Waals surface area contributed by atoms with E-state index in [9.17, 15) is 36.6 Å². The number of unbranched alkanes of at least 4 members (excludes halogenated alkanes) is 1. The van der Waals surface area contributed by atoms with Crippen LogP contribution in [-0.4, -0.2) is 78.7 Å². The van der Waals surface area contributed by atoms with Crippen LogP contribution in [0.1, 0.15) is 52.9 Å². The van der Waals surface area contributed by atoms with Crippen molar-refractivity contribution in [3.8, 4) is 0 Å². The molecule has 1 amide bonds. The lowest BCUT2D eigenvalue weighted by Crippen LogP contribution is -2.44. The van der Waals surface area contributed by atoms with Crippen LogP contribution in [0.4, 0.5) is 27.8 Å². The van der Waals surface area contributed by atoms with Gasteiger partial charge in [-0.2, -0.15) is 13.2 Å². The van der Waals surface area contributed by atoms with Gasteiger partial charge in [0.15, 0.2) is 0 Å². The number of amides is 1. The van der Waals surface area contributed by atoms with E-state index in [2.05, 4.69) is 21.7 Å². The number of rotatable bonds is 16. The minimum atomic E-state index is -4.78. The summed E-state index contributed by atoms with van der Waals surface area (Å²) in [5, 5.41) is 15.1. The number of carbonyl (C=O) groups is 2. The van der Waals surface area contributed by atoms with E-state index in [4.69, 9.17) is 4.74 Å². The molecule has 0 fully saturated rings. The van der Waals surface area contributed by atoms with Crippen LogP contribution in [0.2, 0.25) is 0 Å². The minimum absolute atomic E-state index is 0.00849. The average Bonchev–Trinajstić information content (AvgIpc) is 2.94. The van der Waals surface area contributed by atoms with Crippen molar-refractivity contribution >= 4 is 17.7 Å². The summed E-state index contributed by atoms with van der Waals surface area (Å²) in [5.41, 5.74) is 0.299. The normalized spacial score (nSPS) is 14.0. The van der Waals surface area contributed by atoms with Crippen molar-refractivity contribution in [3.05, 3.63) is 58.8 Å². The van der Waals surface area contributed by atoms with Gasteiger partial charge in [-0.3, -0.25) is 4.79 Å². The number of carboxylic acid groups (broad SMARTS) is 1. The van der Waals surface area contributed by atoms with Gasteiger partial charge in [0.2, 0.25) is 0 Å². The van der Waals surface area contributed by atoms with Crippen LogP contribution in [0.3, 0.4) is 0 Å². The number of carbonyl (C=O) groups excluding carboxylic acids is 1. The molecule has 41 heavy (non-hydrogen) atoms. The molecular weight excluding hydrogens is 551 g/mol. The second-order valence-electron chi connectivity index (χ2n) is 9.80. The Balaban J connectivity index is 1.56. The third kappa shape index (κ3) is 10.5. The largest absolute Gasteiger partial charge is 0.480 e. The molecule has 0 radical (unpaired) electrons. The molecule has 3 rings (SSSR count). The zero-order valence-electron chi connectivity index (χ0n) is 22.6. The molecule has 0 saturated heterocycles. The van der Waals surface area contributed by atoms with Crippen molar-refractivity contribution in [2.24, 2.45) is 0 Å². The highest BCUT2D eigenvalue weighted by atomic mass is 19.4. The SMILES string of the molecule is O=C(NC(CCN(CCCCc1ccc2c(n1)NCCC2)CCOCC(F)F)C(=O)O)c1ccccc1C(F)(F)F. The zero-order valence-corrected chi connectivity index (χ0v) is 22.6. The van der Waals surface area contributed by atoms with Gasteiger partial charge in [-0.15, -0.1) is 0 Å². The van der Waals surface area contributed by atoms with Crippen molar-refractivity contribution in [2.75, 3.05) is 44.7 Å². The number of fused-ring (bicyclic) bond motifs is 1. The Morgan fingerprint density at radius 1 is 1.10 bits per heavy atom. The molecule has 0 spiro atoms. The number of hydrogen-bond donors (Lipinski definition) is 3. The summed E-state index contributed by atoms with van der Waals surface area (Å²) in [5.74, 6) is -1.64. The number of carboxylic acids is 1. The van der Waals surface area contributed by atoms with E-state index in [0.717, 1.165) is 61.9 Å². The van der Waals surface area contributed by atoms with Gasteiger partial charge in [0.25, 0.3) is 12.3 Å². The number of nitrogens with zero attached hydrogens (tertiary/aromatic N) is 2. The Bertz CT molecular complexity index is 1150. The van der Waals surface area contributed by atoms with Crippen LogP contribution in [0, 0.1) is 0 Å². The number of nitrogens with one attached hydrogen (secondary N) is 2. The Kier molecular flexibility index (Phi) is 12.3. The van der Waals surface area contributed by atoms with E-state index in [0.29, 0.717) is 13.0 Å². The maximum atomic E-state index is 13.3. The van der Waals surface area contributed by atoms with Gasteiger partial charge < -0.3 is 25.4 Å². The predicted molar refractivity (Wildman–Crippen MR) is 142 cm³/mol. The molecule has 0 aliphatic carbocycles. The average molecular weight is 587 g/mol. The molecular formula is C28H35F5N4O4. The first kappa shape index (κ1) is 32.2. The van der Waals surface area contributed by atoms with Crippen molar-refractivity contribution < 1.29 is 41.4 Å². The van der Waals surface area contributed by atoms with Gasteiger partial charge in [0.1, 0.15) is 18.5 Å². The first-order valence-electron chi connectivity index (χ1n) is 13.6. The maximum Gasteiger partial charge on any atom is 0.417 e. The van der Waals surface area contributed by atoms with Crippen molar-refractivity contribution in [2.45, 2.75) is 57.2 Å². The number of ether oxygens (including phenoxy) is 1. The third-order valence-corrected chi connectivity index (χ3v) is 6.72. The van der Waals surface area contributed by atoms with Gasteiger partial charge in [0.05, 0.1) is 17.7 Å². The van der Waals surface area contributed by atoms with Gasteiger partial charge in [-0.05, 0) is 68.8 Å². The van der Waals surface area contributed by atoms with Crippen molar-refractivity contribution in [3.63, 3.8) is 0 Å². The van der Waals surface area contributed by atoms with Crippen LogP contribution in [-0.2, 0) is 28.5 Å². The number of pyridine rings is 1. The molecule has 1 unspecified atom stereocenters. The fourth-order valence-corrected chi connectivity index (χ4v) is 4.58. The highest BCUT2D eigenvalue weighted by Gasteiger charge is 2.35. The molecule has 0 saturated carbocycles. The molecule has 3 N–H and O–H groups in total. The number of aromatic nitrogens is 1. The predicted octanol–water partition coefficient (Wildman–Crippen LogP) is 4.64. The van der Waals surface area contributed by atoms with Crippen LogP contribution < -0.4 is 10.6 Å². The lowest BCUT2D eigenvalue weighted by Gasteiger charge is -2.24. The molecule has 1 aromatic carbocycles. The van der Waals surface area contributed by atoms with Crippen LogP contribution >= 0.6 is 0 Å². The highest BCUT2D eigenvalue weighted by molar-refractivity contribution is 5.98. The van der Waals surface area contributed by atoms with Gasteiger partial charge in [0, 0.05) is 25.3 Å². The standard InChI is InChI=1S/C28H35F5N4O4/c29-24(30)18-41-17-16-37(14-4-3-7-20-11-10-19-6-5-13-34-25(19)35-20)15-12-23(27(39)40)36-26(38)21-8-1-2-9-22(21)28(31,32)33/h1-2,8-11,23-24H,3-7,12-18H2,(H,34,35)(H,36,38)(H,39,40). The number of hydrogen-bond acceptors (Lipinski definition) is 6. The smallest absolute Gasteiger partial charge is 0.417 e. The zero-order chi connectivity index (χ0) is 29.8. The molecule has 2 aromatic rings. The van der Waals surface area contributed by atoms with E-state index in [-0.39, 0.29) is 26.1 Å². The molecule has 8 nitrogen and oxygen atoms in total. The molecule has 1 aliphatic heterocycles. The Morgan fingerprint density at radius 2 is 1.88 bits per heavy atom. The van der Waals surface area contributed by atoms with E-state index < -0.39 is 48.3 Å². The summed E-state index contributed by atoms with van der Waals surface area (Å²) < 4.78 is 69.8. The molecule has 13 heteroatoms. The van der Waals surface area contributed by atoms with Crippen molar-refractivity contribution in [1.29, 1.82) is 0 Å². The number of benzene rings is 1. The summed E-state index contributed by atoms with van der Waals surface area (Å²) >= 11 is 0. The summed E-state index contributed by atoms with van der Waals surface area (Å²) in [6.45, 7) is 1.04. The maximum absolute atomic E-state index is 13.3. The monoisotopic (exact) mass is 586 g/mol. The molecule has 1 aliphatic rings. The summed E-state index contributed by atoms with van der Waals surface area (Å²) in [4.78, 5) is 30.9. The quantitative estimate of drug-likeness (QED) is 0.195. The van der Waals surface area contributed by atoms with E-state index in [1.54, 1.807) is 0 Å². The first-order valence-corrected chi connectivity index (χ1v) is 13.6. The van der Waals surface area contributed by atoms with Gasteiger partial charge >= 0.3 is 12.1 Å². The summed E-state index contributed by atoms with van der Waals surface area (Å²) in [6.07, 6.45) is -3.26. The van der Waals surface area contributed by atoms with Crippen LogP contribution in [0.25, 0.3) is 0 Å². The van der Waals surface area contributed by atoms with Crippen LogP contribution in [0.15, 0.2) is 36.4 Å². The number of halogens is 5. The molecule has 226 valence electrons. The summed E-state index contributed by atoms with van der Waals surface area (Å²) in [7, 11) is 0. The lowest BCUT2D eigenvalue weighted by molar-refractivity contribution is -0.139. The second-order valence-corrected chi connectivity index (χ2v) is 9.80. The van der Waals surface area contributed by atoms with E-state index >= 15 is 0 Å². The Labute approximate surface area is 235 Å². The fourth-order valence-electron chi connectivity index (χ4n) is 4.58. The molecule has 1 atom stereocenters. The van der Waals surface area contributed by atoms with Crippen LogP contribution in [0.5, 0.6) is 0 Å². The summed E-state index contributed by atoms with van der Waals surface area (Å²) in [6, 6.07) is 6.75. The fraction of sp³-hybridized carbons (Fsp3) is 0.536. The second kappa shape index (κ2) is 15.6. The lowest BCUT2D eigenvalue weighted by atomic mass is 10.1. The molecule has 1 aromatic heterocycles. The number of alkyl halides is 5. The Hall–Kier alpha value is -3.32. The third-order valence-electron chi connectivity index (χ3n) is 6.72. The number of aryl methyl sites for hydroxylation is 2. The van der Waals surface area contributed by atoms with Gasteiger partial charge in [-0.25, -0.2) is 18.6 Å². The van der Waals surface area contributed by atoms with Gasteiger partial charge in [-0.1, -0.05) is 18.2 Å². The topological polar surface area (TPSA) is 104 Å². The molecule has 0 bridgehead atoms. The number of aliphatic carboxylic acids is 1. The van der Waals surface area contributed by atoms with E-state index in [1.165, 1.54) is 11.6 Å². The highest BCUT2D eigenvalue weighted by Crippen LogP contribution is 2.31. The van der Waals surface area contributed by atoms with Crippen molar-refractivity contribution in [1.82, 2.24) is 15.2 Å².